The van der Waals surface area contributed by atoms with Crippen molar-refractivity contribution in [1.29, 1.82) is 0 Å². The number of aliphatic hydroxyl groups excluding tert-OH is 5. The number of aliphatic hydroxyl groups is 5. The van der Waals surface area contributed by atoms with Crippen LogP contribution in [0.15, 0.2) is 30.3 Å². The molecule has 2 aliphatic rings. The van der Waals surface area contributed by atoms with Crippen molar-refractivity contribution in [2.45, 2.75) is 37.3 Å². The first-order chi connectivity index (χ1) is 14.3. The van der Waals surface area contributed by atoms with Gasteiger partial charge in [-0.2, -0.15) is 0 Å². The van der Waals surface area contributed by atoms with Crippen molar-refractivity contribution in [2.75, 3.05) is 6.61 Å². The van der Waals surface area contributed by atoms with E-state index in [9.17, 15) is 40.5 Å². The van der Waals surface area contributed by atoms with Crippen LogP contribution >= 0.6 is 0 Å². The molecule has 1 fully saturated rings. The predicted molar refractivity (Wildman–Crippen MR) is 104 cm³/mol. The van der Waals surface area contributed by atoms with E-state index in [-0.39, 0.29) is 35.7 Å². The van der Waals surface area contributed by atoms with E-state index in [1.54, 1.807) is 18.2 Å². The van der Waals surface area contributed by atoms with Gasteiger partial charge in [-0.1, -0.05) is 18.2 Å². The van der Waals surface area contributed by atoms with Gasteiger partial charge < -0.3 is 35.7 Å². The number of phenolic OH excluding ortho intramolecular Hbond substituents is 2. The van der Waals surface area contributed by atoms with E-state index in [1.807, 2.05) is 0 Å². The first kappa shape index (κ1) is 20.8. The SMILES string of the molecule is O=C1c2c(O)cccc2[C@H](C2CC(CO)C(O)C(O)C2O)c2cc(CO)cc(O)c21. The topological polar surface area (TPSA) is 159 Å². The van der Waals surface area contributed by atoms with Crippen molar-refractivity contribution >= 4 is 5.78 Å². The summed E-state index contributed by atoms with van der Waals surface area (Å²) >= 11 is 0. The van der Waals surface area contributed by atoms with Gasteiger partial charge in [0.15, 0.2) is 0 Å². The van der Waals surface area contributed by atoms with E-state index in [2.05, 4.69) is 0 Å². The molecule has 6 atom stereocenters. The van der Waals surface area contributed by atoms with Gasteiger partial charge >= 0.3 is 0 Å². The van der Waals surface area contributed by atoms with Crippen LogP contribution in [0.5, 0.6) is 11.5 Å². The molecule has 0 aliphatic heterocycles. The van der Waals surface area contributed by atoms with Crippen molar-refractivity contribution in [3.8, 4) is 11.5 Å². The Morgan fingerprint density at radius 1 is 0.867 bits per heavy atom. The number of hydrogen-bond donors (Lipinski definition) is 7. The highest BCUT2D eigenvalue weighted by Gasteiger charge is 2.49. The second-order valence-corrected chi connectivity index (χ2v) is 8.10. The maximum absolute atomic E-state index is 13.1. The summed E-state index contributed by atoms with van der Waals surface area (Å²) in [5, 5.41) is 71.5. The van der Waals surface area contributed by atoms with E-state index in [0.29, 0.717) is 16.7 Å². The van der Waals surface area contributed by atoms with Crippen LogP contribution < -0.4 is 0 Å². The number of ketones is 1. The summed E-state index contributed by atoms with van der Waals surface area (Å²) in [6, 6.07) is 7.36. The number of benzene rings is 2. The van der Waals surface area contributed by atoms with Crippen LogP contribution in [0.4, 0.5) is 0 Å². The van der Waals surface area contributed by atoms with Crippen LogP contribution in [-0.2, 0) is 6.61 Å². The van der Waals surface area contributed by atoms with E-state index >= 15 is 0 Å². The Hall–Kier alpha value is -2.49. The van der Waals surface area contributed by atoms with E-state index in [1.165, 1.54) is 12.1 Å². The van der Waals surface area contributed by atoms with E-state index in [0.717, 1.165) is 0 Å². The Morgan fingerprint density at radius 3 is 2.23 bits per heavy atom. The number of phenols is 2. The average Bonchev–Trinajstić information content (AvgIpc) is 2.73. The molecule has 2 aromatic rings. The summed E-state index contributed by atoms with van der Waals surface area (Å²) in [5.74, 6) is -3.39. The molecule has 160 valence electrons. The quantitative estimate of drug-likeness (QED) is 0.368. The van der Waals surface area contributed by atoms with Crippen LogP contribution in [0.1, 0.15) is 45.0 Å². The van der Waals surface area contributed by atoms with Gasteiger partial charge in [-0.15, -0.1) is 0 Å². The summed E-state index contributed by atoms with van der Waals surface area (Å²) in [6.07, 6.45) is -4.08. The molecule has 7 N–H and O–H groups in total. The van der Waals surface area contributed by atoms with Crippen molar-refractivity contribution in [3.05, 3.63) is 58.1 Å². The zero-order valence-corrected chi connectivity index (χ0v) is 16.0. The van der Waals surface area contributed by atoms with Crippen LogP contribution in [0, 0.1) is 11.8 Å². The first-order valence-corrected chi connectivity index (χ1v) is 9.78. The average molecular weight is 416 g/mol. The van der Waals surface area contributed by atoms with Gasteiger partial charge in [-0.25, -0.2) is 0 Å². The summed E-state index contributed by atoms with van der Waals surface area (Å²) in [4.78, 5) is 13.1. The number of hydrogen-bond acceptors (Lipinski definition) is 8. The third kappa shape index (κ3) is 3.00. The Morgan fingerprint density at radius 2 is 1.57 bits per heavy atom. The van der Waals surface area contributed by atoms with Gasteiger partial charge in [0.2, 0.25) is 5.78 Å². The molecule has 8 nitrogen and oxygen atoms in total. The van der Waals surface area contributed by atoms with Crippen LogP contribution in [-0.4, -0.2) is 66.4 Å². The summed E-state index contributed by atoms with van der Waals surface area (Å²) in [5.41, 5.74) is 1.07. The van der Waals surface area contributed by atoms with Crippen molar-refractivity contribution in [3.63, 3.8) is 0 Å². The number of aromatic hydroxyl groups is 2. The molecule has 0 bridgehead atoms. The smallest absolute Gasteiger partial charge is 0.201 e. The first-order valence-electron chi connectivity index (χ1n) is 9.78. The summed E-state index contributed by atoms with van der Waals surface area (Å²) in [7, 11) is 0. The lowest BCUT2D eigenvalue weighted by Crippen LogP contribution is -2.53. The van der Waals surface area contributed by atoms with Gasteiger partial charge in [0.25, 0.3) is 0 Å². The maximum atomic E-state index is 13.1. The highest BCUT2D eigenvalue weighted by Crippen LogP contribution is 2.50. The molecular weight excluding hydrogens is 392 g/mol. The predicted octanol–water partition coefficient (Wildman–Crippen LogP) is -0.0225. The lowest BCUT2D eigenvalue weighted by molar-refractivity contribution is -0.144. The minimum atomic E-state index is -1.52. The van der Waals surface area contributed by atoms with Gasteiger partial charge in [0.1, 0.15) is 17.6 Å². The normalized spacial score (nSPS) is 30.6. The number of carbonyl (C=O) groups is 1. The van der Waals surface area contributed by atoms with E-state index < -0.39 is 48.5 Å². The minimum absolute atomic E-state index is 0.00425. The molecule has 2 aromatic carbocycles. The standard InChI is InChI=1S/C22H24O8/c23-7-9-4-12-16(13-6-10(8-24)19(27)22(30)20(13)28)11-2-1-3-14(25)17(11)21(29)18(12)15(26)5-9/h1-5,10,13,16,19-20,22-28,30H,6-8H2/t10?,13?,16-,19?,20?,22?/m0/s1. The lowest BCUT2D eigenvalue weighted by Gasteiger charge is -2.45. The van der Waals surface area contributed by atoms with Crippen molar-refractivity contribution < 1.29 is 40.5 Å². The van der Waals surface area contributed by atoms with E-state index in [4.69, 9.17) is 0 Å². The molecule has 0 saturated heterocycles. The molecule has 0 radical (unpaired) electrons. The Balaban J connectivity index is 1.96. The third-order valence-electron chi connectivity index (χ3n) is 6.45. The Labute approximate surface area is 172 Å². The zero-order valence-electron chi connectivity index (χ0n) is 16.0. The van der Waals surface area contributed by atoms with Crippen LogP contribution in [0.3, 0.4) is 0 Å². The molecule has 30 heavy (non-hydrogen) atoms. The van der Waals surface area contributed by atoms with Gasteiger partial charge in [-0.05, 0) is 41.2 Å². The fourth-order valence-corrected chi connectivity index (χ4v) is 4.99. The number of fused-ring (bicyclic) bond motifs is 2. The van der Waals surface area contributed by atoms with Gasteiger partial charge in [-0.3, -0.25) is 4.79 Å². The second kappa shape index (κ2) is 7.64. The third-order valence-corrected chi connectivity index (χ3v) is 6.45. The molecular formula is C22H24O8. The lowest BCUT2D eigenvalue weighted by atomic mass is 9.63. The van der Waals surface area contributed by atoms with Crippen LogP contribution in [0.2, 0.25) is 0 Å². The van der Waals surface area contributed by atoms with Gasteiger partial charge in [0.05, 0.1) is 29.9 Å². The zero-order chi connectivity index (χ0) is 21.7. The monoisotopic (exact) mass is 416 g/mol. The van der Waals surface area contributed by atoms with Gasteiger partial charge in [0, 0.05) is 18.4 Å². The highest BCUT2D eigenvalue weighted by atomic mass is 16.4. The molecule has 0 heterocycles. The second-order valence-electron chi connectivity index (χ2n) is 8.10. The highest BCUT2D eigenvalue weighted by molar-refractivity contribution is 6.16. The van der Waals surface area contributed by atoms with Crippen LogP contribution in [0.25, 0.3) is 0 Å². The molecule has 0 amide bonds. The maximum Gasteiger partial charge on any atom is 0.201 e. The Kier molecular flexibility index (Phi) is 5.29. The fourth-order valence-electron chi connectivity index (χ4n) is 4.99. The van der Waals surface area contributed by atoms with Crippen molar-refractivity contribution in [1.82, 2.24) is 0 Å². The van der Waals surface area contributed by atoms with Crippen molar-refractivity contribution in [2.24, 2.45) is 11.8 Å². The summed E-state index contributed by atoms with van der Waals surface area (Å²) < 4.78 is 0. The number of rotatable bonds is 3. The molecule has 0 spiro atoms. The number of carbonyl (C=O) groups excluding carboxylic acids is 1. The molecule has 8 heteroatoms. The Bertz CT molecular complexity index is 985. The minimum Gasteiger partial charge on any atom is -0.507 e. The molecule has 1 saturated carbocycles. The largest absolute Gasteiger partial charge is 0.507 e. The molecule has 2 aliphatic carbocycles. The molecule has 5 unspecified atom stereocenters. The fraction of sp³-hybridized carbons (Fsp3) is 0.409. The summed E-state index contributed by atoms with van der Waals surface area (Å²) in [6.45, 7) is -0.794. The molecule has 4 rings (SSSR count). The molecule has 0 aromatic heterocycles.